The Morgan fingerprint density at radius 2 is 1.65 bits per heavy atom. The van der Waals surface area contributed by atoms with E-state index >= 15 is 0 Å². The lowest BCUT2D eigenvalue weighted by Gasteiger charge is -2.04. The Morgan fingerprint density at radius 1 is 1.06 bits per heavy atom. The van der Waals surface area contributed by atoms with Crippen molar-refractivity contribution >= 4 is 11.4 Å². The number of nitrogens with zero attached hydrogens (tertiary/aromatic N) is 3. The number of hydrogen-bond donors (Lipinski definition) is 1. The molecule has 0 unspecified atom stereocenters. The third-order valence-electron chi connectivity index (χ3n) is 1.61. The van der Waals surface area contributed by atoms with E-state index in [4.69, 9.17) is 10.5 Å². The SMILES string of the molecule is N#CC(C#N)=NNc1c(F)cc(F)c(F)c1F. The molecule has 0 amide bonds. The second kappa shape index (κ2) is 4.94. The van der Waals surface area contributed by atoms with Gasteiger partial charge in [-0.2, -0.15) is 15.6 Å². The molecule has 4 nitrogen and oxygen atoms in total. The number of rotatable bonds is 2. The van der Waals surface area contributed by atoms with Gasteiger partial charge in [-0.15, -0.1) is 0 Å². The zero-order chi connectivity index (χ0) is 13.0. The van der Waals surface area contributed by atoms with Crippen molar-refractivity contribution in [2.45, 2.75) is 0 Å². The fourth-order valence-corrected chi connectivity index (χ4v) is 0.856. The van der Waals surface area contributed by atoms with Gasteiger partial charge in [0.1, 0.15) is 17.8 Å². The Labute approximate surface area is 92.4 Å². The van der Waals surface area contributed by atoms with Gasteiger partial charge in [-0.1, -0.05) is 0 Å². The fraction of sp³-hybridized carbons (Fsp3) is 0. The van der Waals surface area contributed by atoms with Gasteiger partial charge in [0.2, 0.25) is 5.71 Å². The number of halogens is 4. The molecule has 1 N–H and O–H groups in total. The molecule has 0 heterocycles. The normalized spacial score (nSPS) is 9.06. The zero-order valence-corrected chi connectivity index (χ0v) is 7.93. The highest BCUT2D eigenvalue weighted by molar-refractivity contribution is 6.10. The highest BCUT2D eigenvalue weighted by atomic mass is 19.2. The van der Waals surface area contributed by atoms with Crippen molar-refractivity contribution in [2.24, 2.45) is 5.10 Å². The van der Waals surface area contributed by atoms with Gasteiger partial charge in [-0.05, 0) is 0 Å². The van der Waals surface area contributed by atoms with E-state index in [9.17, 15) is 17.6 Å². The van der Waals surface area contributed by atoms with Crippen molar-refractivity contribution in [2.75, 3.05) is 5.43 Å². The average molecular weight is 242 g/mol. The summed E-state index contributed by atoms with van der Waals surface area (Å²) in [7, 11) is 0. The molecule has 1 rings (SSSR count). The molecule has 0 fully saturated rings. The zero-order valence-electron chi connectivity index (χ0n) is 7.93. The molecule has 0 bridgehead atoms. The van der Waals surface area contributed by atoms with Gasteiger partial charge in [-0.25, -0.2) is 17.6 Å². The molecular formula is C9H2F4N4. The maximum atomic E-state index is 13.0. The van der Waals surface area contributed by atoms with Crippen LogP contribution in [-0.4, -0.2) is 5.71 Å². The first-order valence-electron chi connectivity index (χ1n) is 3.98. The van der Waals surface area contributed by atoms with Crippen molar-refractivity contribution in [3.05, 3.63) is 29.3 Å². The quantitative estimate of drug-likeness (QED) is 0.283. The van der Waals surface area contributed by atoms with Crippen molar-refractivity contribution in [1.29, 1.82) is 10.5 Å². The van der Waals surface area contributed by atoms with Crippen LogP contribution in [0, 0.1) is 45.9 Å². The minimum atomic E-state index is -1.89. The van der Waals surface area contributed by atoms with Crippen molar-refractivity contribution < 1.29 is 17.6 Å². The van der Waals surface area contributed by atoms with Crippen LogP contribution in [0.2, 0.25) is 0 Å². The Morgan fingerprint density at radius 3 is 2.18 bits per heavy atom. The minimum absolute atomic E-state index is 0.106. The minimum Gasteiger partial charge on any atom is -0.270 e. The second-order valence-electron chi connectivity index (χ2n) is 2.64. The largest absolute Gasteiger partial charge is 0.270 e. The summed E-state index contributed by atoms with van der Waals surface area (Å²) in [4.78, 5) is 0. The van der Waals surface area contributed by atoms with E-state index in [0.29, 0.717) is 0 Å². The van der Waals surface area contributed by atoms with Crippen molar-refractivity contribution in [3.63, 3.8) is 0 Å². The highest BCUT2D eigenvalue weighted by Crippen LogP contribution is 2.23. The summed E-state index contributed by atoms with van der Waals surface area (Å²) < 4.78 is 51.3. The molecule has 0 saturated carbocycles. The van der Waals surface area contributed by atoms with E-state index < -0.39 is 34.7 Å². The van der Waals surface area contributed by atoms with E-state index in [1.54, 1.807) is 5.43 Å². The molecule has 0 atom stereocenters. The molecule has 86 valence electrons. The fourth-order valence-electron chi connectivity index (χ4n) is 0.856. The topological polar surface area (TPSA) is 72.0 Å². The molecular weight excluding hydrogens is 240 g/mol. The van der Waals surface area contributed by atoms with Gasteiger partial charge in [0.25, 0.3) is 0 Å². The summed E-state index contributed by atoms with van der Waals surface area (Å²) in [5.41, 5.74) is -0.182. The third-order valence-corrected chi connectivity index (χ3v) is 1.61. The van der Waals surface area contributed by atoms with Gasteiger partial charge < -0.3 is 0 Å². The number of anilines is 1. The van der Waals surface area contributed by atoms with Crippen LogP contribution in [0.4, 0.5) is 23.2 Å². The summed E-state index contributed by atoms with van der Waals surface area (Å²) in [5, 5.41) is 19.6. The van der Waals surface area contributed by atoms with Gasteiger partial charge >= 0.3 is 0 Å². The van der Waals surface area contributed by atoms with E-state index in [1.807, 2.05) is 0 Å². The molecule has 0 saturated heterocycles. The lowest BCUT2D eigenvalue weighted by Crippen LogP contribution is -2.04. The number of nitrogens with one attached hydrogen (secondary N) is 1. The van der Waals surface area contributed by atoms with Crippen LogP contribution >= 0.6 is 0 Å². The maximum absolute atomic E-state index is 13.0. The smallest absolute Gasteiger partial charge is 0.237 e. The number of nitriles is 2. The monoisotopic (exact) mass is 242 g/mol. The van der Waals surface area contributed by atoms with Crippen LogP contribution in [0.5, 0.6) is 0 Å². The summed E-state index contributed by atoms with van der Waals surface area (Å²) >= 11 is 0. The van der Waals surface area contributed by atoms with E-state index in [-0.39, 0.29) is 6.07 Å². The first kappa shape index (κ1) is 12.5. The van der Waals surface area contributed by atoms with E-state index in [2.05, 4.69) is 5.10 Å². The van der Waals surface area contributed by atoms with E-state index in [0.717, 1.165) is 0 Å². The molecule has 0 radical (unpaired) electrons. The van der Waals surface area contributed by atoms with Crippen LogP contribution < -0.4 is 5.43 Å². The molecule has 1 aromatic rings. The molecule has 1 aromatic carbocycles. The summed E-state index contributed by atoms with van der Waals surface area (Å²) in [5.74, 6) is -6.86. The Kier molecular flexibility index (Phi) is 3.62. The van der Waals surface area contributed by atoms with Crippen LogP contribution in [0.1, 0.15) is 0 Å². The van der Waals surface area contributed by atoms with Crippen molar-refractivity contribution in [3.8, 4) is 12.1 Å². The summed E-state index contributed by atoms with van der Waals surface area (Å²) in [6, 6.07) is 2.71. The number of benzene rings is 1. The van der Waals surface area contributed by atoms with Gasteiger partial charge in [-0.3, -0.25) is 5.43 Å². The standard InChI is InChI=1S/C9H2F4N4/c10-5-1-6(11)9(8(13)7(5)12)17-16-4(2-14)3-15/h1,17H. The predicted octanol–water partition coefficient (Wildman–Crippen LogP) is 2.06. The van der Waals surface area contributed by atoms with Crippen LogP contribution in [0.25, 0.3) is 0 Å². The average Bonchev–Trinajstić information content (AvgIpc) is 2.31. The highest BCUT2D eigenvalue weighted by Gasteiger charge is 2.18. The Bertz CT molecular complexity index is 552. The molecule has 0 aliphatic carbocycles. The Hall–Kier alpha value is -2.61. The van der Waals surface area contributed by atoms with Crippen LogP contribution in [0.3, 0.4) is 0 Å². The molecule has 8 heteroatoms. The first-order valence-corrected chi connectivity index (χ1v) is 3.98. The lowest BCUT2D eigenvalue weighted by molar-refractivity contribution is 0.437. The van der Waals surface area contributed by atoms with Crippen LogP contribution in [-0.2, 0) is 0 Å². The van der Waals surface area contributed by atoms with Gasteiger partial charge in [0.15, 0.2) is 23.3 Å². The molecule has 0 aromatic heterocycles. The summed E-state index contributed by atoms with van der Waals surface area (Å²) in [6.45, 7) is 0. The molecule has 0 aliphatic rings. The Balaban J connectivity index is 3.18. The van der Waals surface area contributed by atoms with Gasteiger partial charge in [0, 0.05) is 6.07 Å². The summed E-state index contributed by atoms with van der Waals surface area (Å²) in [6.07, 6.45) is 0. The molecule has 17 heavy (non-hydrogen) atoms. The maximum Gasteiger partial charge on any atom is 0.237 e. The molecule has 0 spiro atoms. The van der Waals surface area contributed by atoms with Gasteiger partial charge in [0.05, 0.1) is 0 Å². The number of hydrogen-bond acceptors (Lipinski definition) is 4. The second-order valence-corrected chi connectivity index (χ2v) is 2.64. The van der Waals surface area contributed by atoms with E-state index in [1.165, 1.54) is 12.1 Å². The third kappa shape index (κ3) is 2.49. The lowest BCUT2D eigenvalue weighted by atomic mass is 10.2. The molecule has 0 aliphatic heterocycles. The predicted molar refractivity (Wildman–Crippen MR) is 48.6 cm³/mol. The van der Waals surface area contributed by atoms with Crippen molar-refractivity contribution in [1.82, 2.24) is 0 Å². The van der Waals surface area contributed by atoms with Crippen LogP contribution in [0.15, 0.2) is 11.2 Å². The number of hydrazone groups is 1. The first-order chi connectivity index (χ1) is 8.01.